The highest BCUT2D eigenvalue weighted by atomic mass is 32.1. The second-order valence-electron chi connectivity index (χ2n) is 8.33. The second-order valence-corrected chi connectivity index (χ2v) is 8.86. The van der Waals surface area contributed by atoms with E-state index in [9.17, 15) is 4.79 Å². The summed E-state index contributed by atoms with van der Waals surface area (Å²) < 4.78 is 25.8. The van der Waals surface area contributed by atoms with E-state index < -0.39 is 6.10 Å². The molecule has 0 saturated carbocycles. The third-order valence-electron chi connectivity index (χ3n) is 4.58. The number of nitrogens with one attached hydrogen (secondary N) is 1. The highest BCUT2D eigenvalue weighted by molar-refractivity contribution is 6.99. The molecule has 0 spiro atoms. The summed E-state index contributed by atoms with van der Waals surface area (Å²) in [4.78, 5) is 14.7. The molecular formula is C21H30N4O4S. The minimum absolute atomic E-state index is 0.115. The first-order valence-corrected chi connectivity index (χ1v) is 10.9. The van der Waals surface area contributed by atoms with Crippen molar-refractivity contribution in [1.82, 2.24) is 14.1 Å². The SMILES string of the molecule is Cc1ccc(C(=O)OC(CNC(C)(C)C)COc2nsnc2N2CCOCC2)cc1. The average Bonchev–Trinajstić information content (AvgIpc) is 3.19. The molecule has 2 aromatic rings. The molecule has 2 heterocycles. The van der Waals surface area contributed by atoms with Crippen LogP contribution in [-0.4, -0.2) is 65.8 Å². The number of hydrogen-bond acceptors (Lipinski definition) is 9. The van der Waals surface area contributed by atoms with Gasteiger partial charge < -0.3 is 24.4 Å². The summed E-state index contributed by atoms with van der Waals surface area (Å²) in [6, 6.07) is 7.33. The fourth-order valence-electron chi connectivity index (χ4n) is 2.87. The number of nitrogens with zero attached hydrogens (tertiary/aromatic N) is 3. The maximum Gasteiger partial charge on any atom is 0.338 e. The fourth-order valence-corrected chi connectivity index (χ4v) is 3.39. The standard InChI is InChI=1S/C21H30N4O4S/c1-15-5-7-16(8-6-15)20(26)29-17(13-22-21(2,3)4)14-28-19-18(23-30-24-19)25-9-11-27-12-10-25/h5-8,17,22H,9-14H2,1-4H3. The van der Waals surface area contributed by atoms with Crippen molar-refractivity contribution in [3.63, 3.8) is 0 Å². The van der Waals surface area contributed by atoms with E-state index >= 15 is 0 Å². The van der Waals surface area contributed by atoms with Crippen molar-refractivity contribution in [1.29, 1.82) is 0 Å². The van der Waals surface area contributed by atoms with Gasteiger partial charge in [0.05, 0.1) is 30.5 Å². The number of carbonyl (C=O) groups excluding carboxylic acids is 1. The Bertz CT molecular complexity index is 813. The largest absolute Gasteiger partial charge is 0.470 e. The van der Waals surface area contributed by atoms with Crippen LogP contribution < -0.4 is 15.0 Å². The Hall–Kier alpha value is -2.23. The van der Waals surface area contributed by atoms with Crippen LogP contribution in [0.3, 0.4) is 0 Å². The molecule has 1 aliphatic heterocycles. The molecule has 9 heteroatoms. The smallest absolute Gasteiger partial charge is 0.338 e. The molecular weight excluding hydrogens is 404 g/mol. The van der Waals surface area contributed by atoms with Crippen LogP contribution in [-0.2, 0) is 9.47 Å². The monoisotopic (exact) mass is 434 g/mol. The lowest BCUT2D eigenvalue weighted by Gasteiger charge is -2.27. The lowest BCUT2D eigenvalue weighted by molar-refractivity contribution is 0.0157. The first kappa shape index (κ1) is 22.5. The van der Waals surface area contributed by atoms with Crippen LogP contribution in [0.5, 0.6) is 5.88 Å². The number of morpholine rings is 1. The predicted octanol–water partition coefficient (Wildman–Crippen LogP) is 2.68. The van der Waals surface area contributed by atoms with Crippen LogP contribution >= 0.6 is 11.7 Å². The van der Waals surface area contributed by atoms with Crippen molar-refractivity contribution >= 4 is 23.5 Å². The lowest BCUT2D eigenvalue weighted by Crippen LogP contribution is -2.44. The third-order valence-corrected chi connectivity index (χ3v) is 5.08. The van der Waals surface area contributed by atoms with E-state index in [-0.39, 0.29) is 18.1 Å². The average molecular weight is 435 g/mol. The molecule has 0 bridgehead atoms. The number of carbonyl (C=O) groups is 1. The van der Waals surface area contributed by atoms with Crippen LogP contribution in [0.2, 0.25) is 0 Å². The Balaban J connectivity index is 1.64. The Morgan fingerprint density at radius 3 is 2.60 bits per heavy atom. The molecule has 1 atom stereocenters. The summed E-state index contributed by atoms with van der Waals surface area (Å²) in [6.45, 7) is 11.6. The highest BCUT2D eigenvalue weighted by Gasteiger charge is 2.23. The maximum absolute atomic E-state index is 12.6. The number of anilines is 1. The summed E-state index contributed by atoms with van der Waals surface area (Å²) in [5.41, 5.74) is 1.49. The zero-order valence-electron chi connectivity index (χ0n) is 18.0. The zero-order valence-corrected chi connectivity index (χ0v) is 18.8. The summed E-state index contributed by atoms with van der Waals surface area (Å²) in [5.74, 6) is 0.814. The molecule has 0 radical (unpaired) electrons. The van der Waals surface area contributed by atoms with Crippen LogP contribution in [0.15, 0.2) is 24.3 Å². The van der Waals surface area contributed by atoms with Gasteiger partial charge in [-0.1, -0.05) is 17.7 Å². The van der Waals surface area contributed by atoms with Crippen molar-refractivity contribution in [2.45, 2.75) is 39.3 Å². The van der Waals surface area contributed by atoms with Gasteiger partial charge in [0.1, 0.15) is 12.7 Å². The second kappa shape index (κ2) is 10.2. The van der Waals surface area contributed by atoms with Crippen LogP contribution in [0.4, 0.5) is 5.82 Å². The first-order chi connectivity index (χ1) is 14.3. The molecule has 1 N–H and O–H groups in total. The van der Waals surface area contributed by atoms with Gasteiger partial charge in [-0.05, 0) is 39.8 Å². The number of aromatic nitrogens is 2. The Morgan fingerprint density at radius 2 is 1.93 bits per heavy atom. The van der Waals surface area contributed by atoms with Gasteiger partial charge in [0.25, 0.3) is 5.88 Å². The van der Waals surface area contributed by atoms with Crippen molar-refractivity contribution in [3.05, 3.63) is 35.4 Å². The summed E-state index contributed by atoms with van der Waals surface area (Å²) >= 11 is 1.11. The van der Waals surface area contributed by atoms with Crippen molar-refractivity contribution in [2.24, 2.45) is 0 Å². The van der Waals surface area contributed by atoms with Gasteiger partial charge >= 0.3 is 5.97 Å². The van der Waals surface area contributed by atoms with Gasteiger partial charge in [-0.3, -0.25) is 0 Å². The fraction of sp³-hybridized carbons (Fsp3) is 0.571. The zero-order chi connectivity index (χ0) is 21.6. The van der Waals surface area contributed by atoms with E-state index in [1.807, 2.05) is 19.1 Å². The maximum atomic E-state index is 12.6. The van der Waals surface area contributed by atoms with Gasteiger partial charge in [-0.15, -0.1) is 4.37 Å². The Morgan fingerprint density at radius 1 is 1.23 bits per heavy atom. The van der Waals surface area contributed by atoms with Crippen molar-refractivity contribution in [3.8, 4) is 5.88 Å². The molecule has 8 nitrogen and oxygen atoms in total. The Kier molecular flexibility index (Phi) is 7.63. The van der Waals surface area contributed by atoms with E-state index in [2.05, 4.69) is 39.7 Å². The van der Waals surface area contributed by atoms with E-state index in [1.54, 1.807) is 12.1 Å². The third kappa shape index (κ3) is 6.65. The first-order valence-electron chi connectivity index (χ1n) is 10.1. The normalized spacial score (nSPS) is 15.7. The van der Waals surface area contributed by atoms with Crippen LogP contribution in [0.1, 0.15) is 36.7 Å². The van der Waals surface area contributed by atoms with Gasteiger partial charge in [-0.25, -0.2) is 4.79 Å². The molecule has 1 aromatic heterocycles. The molecule has 1 fully saturated rings. The summed E-state index contributed by atoms with van der Waals surface area (Å²) in [7, 11) is 0. The number of aryl methyl sites for hydroxylation is 1. The minimum Gasteiger partial charge on any atom is -0.470 e. The van der Waals surface area contributed by atoms with Gasteiger partial charge in [0.15, 0.2) is 0 Å². The minimum atomic E-state index is -0.475. The molecule has 164 valence electrons. The van der Waals surface area contributed by atoms with Crippen LogP contribution in [0, 0.1) is 6.92 Å². The van der Waals surface area contributed by atoms with Gasteiger partial charge in [-0.2, -0.15) is 4.37 Å². The number of benzene rings is 1. The van der Waals surface area contributed by atoms with E-state index in [4.69, 9.17) is 14.2 Å². The molecule has 3 rings (SSSR count). The van der Waals surface area contributed by atoms with Gasteiger partial charge in [0, 0.05) is 25.2 Å². The summed E-state index contributed by atoms with van der Waals surface area (Å²) in [5, 5.41) is 3.38. The Labute approximate surface area is 181 Å². The van der Waals surface area contributed by atoms with Crippen LogP contribution in [0.25, 0.3) is 0 Å². The lowest BCUT2D eigenvalue weighted by atomic mass is 10.1. The molecule has 1 aromatic carbocycles. The molecule has 0 aliphatic carbocycles. The highest BCUT2D eigenvalue weighted by Crippen LogP contribution is 2.26. The number of esters is 1. The van der Waals surface area contributed by atoms with E-state index in [0.717, 1.165) is 36.2 Å². The van der Waals surface area contributed by atoms with Crippen molar-refractivity contribution < 1.29 is 19.0 Å². The molecule has 1 unspecified atom stereocenters. The summed E-state index contributed by atoms with van der Waals surface area (Å²) in [6.07, 6.45) is -0.475. The van der Waals surface area contributed by atoms with Crippen molar-refractivity contribution in [2.75, 3.05) is 44.4 Å². The number of hydrogen-bond donors (Lipinski definition) is 1. The quantitative estimate of drug-likeness (QED) is 0.635. The number of ether oxygens (including phenoxy) is 3. The van der Waals surface area contributed by atoms with Gasteiger partial charge in [0.2, 0.25) is 5.82 Å². The van der Waals surface area contributed by atoms with E-state index in [1.165, 1.54) is 0 Å². The topological polar surface area (TPSA) is 85.8 Å². The molecule has 1 aliphatic rings. The van der Waals surface area contributed by atoms with E-state index in [0.29, 0.717) is 31.2 Å². The molecule has 0 amide bonds. The molecule has 1 saturated heterocycles. The molecule has 30 heavy (non-hydrogen) atoms. The predicted molar refractivity (Wildman–Crippen MR) is 117 cm³/mol. The number of rotatable bonds is 8.